The fourth-order valence-electron chi connectivity index (χ4n) is 1.21. The highest BCUT2D eigenvalue weighted by atomic mass is 35.5. The van der Waals surface area contributed by atoms with Crippen LogP contribution in [0, 0.1) is 0 Å². The molecule has 0 atom stereocenters. The molecule has 3 N–H and O–H groups in total. The first-order valence-corrected chi connectivity index (χ1v) is 3.37. The van der Waals surface area contributed by atoms with E-state index < -0.39 is 0 Å². The number of fused-ring (bicyclic) bond motifs is 1. The molecule has 1 aromatic rings. The standard InChI is InChI=1S/C7H9N3.2ClH/c8-7-5-3-1-2-4-6(5)9-10-7;;/h1,3H,2,4H2,(H3,8,9,10);2*1H. The molecule has 3 nitrogen and oxygen atoms in total. The number of nitrogen functional groups attached to an aromatic ring is 1. The fourth-order valence-corrected chi connectivity index (χ4v) is 1.21. The maximum atomic E-state index is 5.57. The maximum Gasteiger partial charge on any atom is 0.152 e. The van der Waals surface area contributed by atoms with Gasteiger partial charge in [-0.1, -0.05) is 12.2 Å². The Balaban J connectivity index is 0.000000605. The number of halogens is 2. The number of aromatic amines is 1. The van der Waals surface area contributed by atoms with Crippen LogP contribution in [-0.4, -0.2) is 10.2 Å². The van der Waals surface area contributed by atoms with E-state index in [1.54, 1.807) is 0 Å². The van der Waals surface area contributed by atoms with Crippen LogP contribution in [0.3, 0.4) is 0 Å². The van der Waals surface area contributed by atoms with Gasteiger partial charge >= 0.3 is 0 Å². The zero-order valence-corrected chi connectivity index (χ0v) is 8.04. The molecule has 0 unspecified atom stereocenters. The van der Waals surface area contributed by atoms with Crippen molar-refractivity contribution < 1.29 is 0 Å². The highest BCUT2D eigenvalue weighted by molar-refractivity contribution is 5.85. The molecule has 1 aromatic heterocycles. The van der Waals surface area contributed by atoms with Crippen LogP contribution in [0.2, 0.25) is 0 Å². The Kier molecular flexibility index (Phi) is 4.13. The number of H-pyrrole nitrogens is 1. The molecule has 0 aliphatic heterocycles. The zero-order valence-electron chi connectivity index (χ0n) is 6.41. The van der Waals surface area contributed by atoms with Gasteiger partial charge in [-0.25, -0.2) is 0 Å². The lowest BCUT2D eigenvalue weighted by Crippen LogP contribution is -1.93. The van der Waals surface area contributed by atoms with Gasteiger partial charge in [0.25, 0.3) is 0 Å². The van der Waals surface area contributed by atoms with Gasteiger partial charge in [0.2, 0.25) is 0 Å². The number of hydrogen-bond donors (Lipinski definition) is 2. The van der Waals surface area contributed by atoms with Crippen LogP contribution in [0.4, 0.5) is 5.82 Å². The summed E-state index contributed by atoms with van der Waals surface area (Å²) in [6, 6.07) is 0. The molecule has 0 bridgehead atoms. The Hall–Kier alpha value is -0.670. The molecule has 68 valence electrons. The van der Waals surface area contributed by atoms with Gasteiger partial charge in [0.15, 0.2) is 5.82 Å². The van der Waals surface area contributed by atoms with Crippen molar-refractivity contribution in [1.29, 1.82) is 0 Å². The van der Waals surface area contributed by atoms with Crippen molar-refractivity contribution in [2.75, 3.05) is 5.73 Å². The smallest absolute Gasteiger partial charge is 0.152 e. The van der Waals surface area contributed by atoms with Gasteiger partial charge in [0.05, 0.1) is 0 Å². The normalized spacial score (nSPS) is 12.7. The first kappa shape index (κ1) is 11.3. The van der Waals surface area contributed by atoms with Crippen molar-refractivity contribution in [3.63, 3.8) is 0 Å². The number of nitrogens with one attached hydrogen (secondary N) is 1. The molecule has 5 heteroatoms. The van der Waals surface area contributed by atoms with E-state index in [4.69, 9.17) is 5.73 Å². The molecule has 1 aliphatic carbocycles. The second-order valence-electron chi connectivity index (χ2n) is 2.44. The Bertz CT molecular complexity index is 280. The van der Waals surface area contributed by atoms with E-state index in [1.807, 2.05) is 6.08 Å². The molecule has 0 fully saturated rings. The molecule has 0 aromatic carbocycles. The second-order valence-corrected chi connectivity index (χ2v) is 2.44. The molecular formula is C7H11Cl2N3. The van der Waals surface area contributed by atoms with Gasteiger partial charge in [-0.05, 0) is 12.8 Å². The highest BCUT2D eigenvalue weighted by Gasteiger charge is 2.09. The number of anilines is 1. The Morgan fingerprint density at radius 1 is 1.42 bits per heavy atom. The molecule has 1 heterocycles. The number of nitrogens with two attached hydrogens (primary N) is 1. The van der Waals surface area contributed by atoms with Gasteiger partial charge < -0.3 is 5.73 Å². The third kappa shape index (κ3) is 1.73. The largest absolute Gasteiger partial charge is 0.382 e. The summed E-state index contributed by atoms with van der Waals surface area (Å²) in [5.41, 5.74) is 7.81. The van der Waals surface area contributed by atoms with Crippen molar-refractivity contribution in [2.45, 2.75) is 12.8 Å². The van der Waals surface area contributed by atoms with Crippen LogP contribution in [0.25, 0.3) is 6.08 Å². The summed E-state index contributed by atoms with van der Waals surface area (Å²) in [5.74, 6) is 0.617. The van der Waals surface area contributed by atoms with E-state index >= 15 is 0 Å². The molecule has 0 saturated heterocycles. The summed E-state index contributed by atoms with van der Waals surface area (Å²) >= 11 is 0. The maximum absolute atomic E-state index is 5.57. The van der Waals surface area contributed by atoms with Gasteiger partial charge in [0.1, 0.15) is 0 Å². The van der Waals surface area contributed by atoms with E-state index in [9.17, 15) is 0 Å². The summed E-state index contributed by atoms with van der Waals surface area (Å²) in [5, 5.41) is 6.80. The number of aryl methyl sites for hydroxylation is 1. The van der Waals surface area contributed by atoms with Crippen LogP contribution in [0.1, 0.15) is 17.7 Å². The number of hydrogen-bond acceptors (Lipinski definition) is 2. The zero-order chi connectivity index (χ0) is 6.97. The molecule has 12 heavy (non-hydrogen) atoms. The first-order valence-electron chi connectivity index (χ1n) is 3.37. The van der Waals surface area contributed by atoms with Crippen LogP contribution < -0.4 is 5.73 Å². The predicted molar refractivity (Wildman–Crippen MR) is 54.9 cm³/mol. The summed E-state index contributed by atoms with van der Waals surface area (Å²) in [6.07, 6.45) is 6.27. The van der Waals surface area contributed by atoms with E-state index in [1.165, 1.54) is 5.69 Å². The van der Waals surface area contributed by atoms with Crippen molar-refractivity contribution in [3.8, 4) is 0 Å². The van der Waals surface area contributed by atoms with Gasteiger partial charge in [-0.3, -0.25) is 5.10 Å². The average molecular weight is 208 g/mol. The quantitative estimate of drug-likeness (QED) is 0.682. The van der Waals surface area contributed by atoms with E-state index in [-0.39, 0.29) is 24.8 Å². The summed E-state index contributed by atoms with van der Waals surface area (Å²) < 4.78 is 0. The van der Waals surface area contributed by atoms with E-state index in [0.29, 0.717) is 5.82 Å². The lowest BCUT2D eigenvalue weighted by atomic mass is 10.1. The fraction of sp³-hybridized carbons (Fsp3) is 0.286. The van der Waals surface area contributed by atoms with Crippen molar-refractivity contribution >= 4 is 36.7 Å². The second kappa shape index (κ2) is 4.38. The van der Waals surface area contributed by atoms with Crippen molar-refractivity contribution in [1.82, 2.24) is 10.2 Å². The monoisotopic (exact) mass is 207 g/mol. The molecule has 0 spiro atoms. The van der Waals surface area contributed by atoms with E-state index in [0.717, 1.165) is 18.4 Å². The lowest BCUT2D eigenvalue weighted by Gasteiger charge is -2.01. The highest BCUT2D eigenvalue weighted by Crippen LogP contribution is 2.20. The van der Waals surface area contributed by atoms with Gasteiger partial charge in [-0.2, -0.15) is 5.10 Å². The van der Waals surface area contributed by atoms with Crippen molar-refractivity contribution in [2.24, 2.45) is 0 Å². The number of nitrogens with zero attached hydrogens (tertiary/aromatic N) is 1. The van der Waals surface area contributed by atoms with Crippen LogP contribution in [-0.2, 0) is 6.42 Å². The molecule has 1 aliphatic rings. The third-order valence-corrected chi connectivity index (χ3v) is 1.76. The lowest BCUT2D eigenvalue weighted by molar-refractivity contribution is 0.908. The number of rotatable bonds is 0. The van der Waals surface area contributed by atoms with Crippen LogP contribution in [0.5, 0.6) is 0 Å². The summed E-state index contributed by atoms with van der Waals surface area (Å²) in [7, 11) is 0. The molecule has 0 saturated carbocycles. The minimum absolute atomic E-state index is 0. The molecule has 0 amide bonds. The summed E-state index contributed by atoms with van der Waals surface area (Å²) in [4.78, 5) is 0. The SMILES string of the molecule is Cl.Cl.Nc1n[nH]c2c1C=CCC2. The molecule has 2 rings (SSSR count). The Morgan fingerprint density at radius 3 is 2.83 bits per heavy atom. The predicted octanol–water partition coefficient (Wildman–Crippen LogP) is 1.79. The molecule has 0 radical (unpaired) electrons. The minimum atomic E-state index is 0. The number of aromatic nitrogens is 2. The third-order valence-electron chi connectivity index (χ3n) is 1.76. The first-order chi connectivity index (χ1) is 4.88. The molecular weight excluding hydrogens is 197 g/mol. The Morgan fingerprint density at radius 2 is 2.17 bits per heavy atom. The average Bonchev–Trinajstić information content (AvgIpc) is 2.34. The van der Waals surface area contributed by atoms with Crippen molar-refractivity contribution in [3.05, 3.63) is 17.3 Å². The van der Waals surface area contributed by atoms with Gasteiger partial charge in [-0.15, -0.1) is 24.8 Å². The van der Waals surface area contributed by atoms with Crippen LogP contribution >= 0.6 is 24.8 Å². The minimum Gasteiger partial charge on any atom is -0.382 e. The van der Waals surface area contributed by atoms with E-state index in [2.05, 4.69) is 16.3 Å². The summed E-state index contributed by atoms with van der Waals surface area (Å²) in [6.45, 7) is 0. The number of allylic oxidation sites excluding steroid dienone is 1. The Labute approximate surface area is 83.2 Å². The van der Waals surface area contributed by atoms with Crippen LogP contribution in [0.15, 0.2) is 6.08 Å². The van der Waals surface area contributed by atoms with Gasteiger partial charge in [0, 0.05) is 11.3 Å². The topological polar surface area (TPSA) is 54.7 Å².